The van der Waals surface area contributed by atoms with E-state index in [1.165, 1.54) is 38.5 Å². The number of carboxylic acids is 1. The van der Waals surface area contributed by atoms with Gasteiger partial charge < -0.3 is 9.84 Å². The Kier molecular flexibility index (Phi) is 11.6. The smallest absolute Gasteiger partial charge is 0.309 e. The maximum atomic E-state index is 12.4. The van der Waals surface area contributed by atoms with Crippen molar-refractivity contribution in [3.8, 4) is 0 Å². The predicted molar refractivity (Wildman–Crippen MR) is 105 cm³/mol. The van der Waals surface area contributed by atoms with Gasteiger partial charge in [-0.25, -0.2) is 0 Å². The fraction of sp³-hybridized carbons (Fsp3) is 0.909. The first-order valence-corrected chi connectivity index (χ1v) is 10.9. The highest BCUT2D eigenvalue weighted by Crippen LogP contribution is 2.30. The van der Waals surface area contributed by atoms with Gasteiger partial charge in [-0.05, 0) is 44.4 Å². The highest BCUT2D eigenvalue weighted by atomic mass is 16.5. The number of esters is 1. The standard InChI is InChI=1S/C22H40O4/c1-4-20(15-10-8-6-5-7-9-12-17(2)3)26-22(25)19-14-11-13-18(16-19)21(23)24/h17-20H,4-16H2,1-3H3,(H,23,24). The summed E-state index contributed by atoms with van der Waals surface area (Å²) in [5, 5.41) is 9.16. The molecule has 0 saturated heterocycles. The van der Waals surface area contributed by atoms with Crippen molar-refractivity contribution in [1.82, 2.24) is 0 Å². The van der Waals surface area contributed by atoms with Gasteiger partial charge in [-0.15, -0.1) is 0 Å². The van der Waals surface area contributed by atoms with Crippen molar-refractivity contribution in [3.05, 3.63) is 0 Å². The molecule has 0 spiro atoms. The van der Waals surface area contributed by atoms with Crippen LogP contribution in [-0.2, 0) is 14.3 Å². The van der Waals surface area contributed by atoms with E-state index < -0.39 is 5.97 Å². The van der Waals surface area contributed by atoms with Crippen molar-refractivity contribution >= 4 is 11.9 Å². The van der Waals surface area contributed by atoms with Gasteiger partial charge in [-0.2, -0.15) is 0 Å². The van der Waals surface area contributed by atoms with Crippen LogP contribution < -0.4 is 0 Å². The van der Waals surface area contributed by atoms with Crippen LogP contribution in [0.15, 0.2) is 0 Å². The molecule has 0 radical (unpaired) electrons. The summed E-state index contributed by atoms with van der Waals surface area (Å²) in [6, 6.07) is 0. The second-order valence-electron chi connectivity index (χ2n) is 8.46. The molecular formula is C22H40O4. The summed E-state index contributed by atoms with van der Waals surface area (Å²) < 4.78 is 5.71. The van der Waals surface area contributed by atoms with Crippen LogP contribution in [0.3, 0.4) is 0 Å². The molecule has 26 heavy (non-hydrogen) atoms. The Morgan fingerprint density at radius 2 is 1.54 bits per heavy atom. The number of aliphatic carboxylic acids is 1. The van der Waals surface area contributed by atoms with Gasteiger partial charge in [0.2, 0.25) is 0 Å². The number of unbranched alkanes of at least 4 members (excludes halogenated alkanes) is 5. The molecule has 152 valence electrons. The number of rotatable bonds is 13. The van der Waals surface area contributed by atoms with Gasteiger partial charge in [-0.1, -0.05) is 65.7 Å². The molecule has 4 nitrogen and oxygen atoms in total. The Morgan fingerprint density at radius 3 is 2.12 bits per heavy atom. The van der Waals surface area contributed by atoms with Gasteiger partial charge in [0.1, 0.15) is 6.10 Å². The second-order valence-corrected chi connectivity index (χ2v) is 8.46. The van der Waals surface area contributed by atoms with E-state index in [1.54, 1.807) is 0 Å². The molecule has 1 aliphatic carbocycles. The number of carbonyl (C=O) groups is 2. The van der Waals surface area contributed by atoms with Crippen LogP contribution in [0.25, 0.3) is 0 Å². The zero-order valence-electron chi connectivity index (χ0n) is 17.2. The third-order valence-corrected chi connectivity index (χ3v) is 5.65. The Bertz CT molecular complexity index is 405. The van der Waals surface area contributed by atoms with Gasteiger partial charge >= 0.3 is 11.9 Å². The molecule has 3 atom stereocenters. The minimum absolute atomic E-state index is 0.00588. The molecule has 0 aromatic carbocycles. The van der Waals surface area contributed by atoms with E-state index in [0.717, 1.165) is 38.0 Å². The van der Waals surface area contributed by atoms with Crippen LogP contribution in [0.4, 0.5) is 0 Å². The van der Waals surface area contributed by atoms with Crippen molar-refractivity contribution in [2.75, 3.05) is 0 Å². The van der Waals surface area contributed by atoms with Gasteiger partial charge in [0.25, 0.3) is 0 Å². The molecule has 1 fully saturated rings. The van der Waals surface area contributed by atoms with Crippen molar-refractivity contribution in [3.63, 3.8) is 0 Å². The minimum atomic E-state index is -0.775. The molecule has 1 saturated carbocycles. The number of hydrogen-bond acceptors (Lipinski definition) is 3. The average Bonchev–Trinajstić information content (AvgIpc) is 2.62. The van der Waals surface area contributed by atoms with Crippen LogP contribution >= 0.6 is 0 Å². The lowest BCUT2D eigenvalue weighted by molar-refractivity contribution is -0.157. The van der Waals surface area contributed by atoms with Crippen LogP contribution in [-0.4, -0.2) is 23.1 Å². The minimum Gasteiger partial charge on any atom is -0.481 e. The summed E-state index contributed by atoms with van der Waals surface area (Å²) in [7, 11) is 0. The van der Waals surface area contributed by atoms with Crippen molar-refractivity contribution < 1.29 is 19.4 Å². The van der Waals surface area contributed by atoms with E-state index in [9.17, 15) is 9.59 Å². The summed E-state index contributed by atoms with van der Waals surface area (Å²) in [5.74, 6) is -0.735. The summed E-state index contributed by atoms with van der Waals surface area (Å²) in [4.78, 5) is 23.5. The third-order valence-electron chi connectivity index (χ3n) is 5.65. The first-order chi connectivity index (χ1) is 12.4. The van der Waals surface area contributed by atoms with E-state index in [2.05, 4.69) is 20.8 Å². The lowest BCUT2D eigenvalue weighted by atomic mass is 9.81. The molecule has 0 bridgehead atoms. The average molecular weight is 369 g/mol. The first kappa shape index (κ1) is 23.0. The second kappa shape index (κ2) is 13.2. The quantitative estimate of drug-likeness (QED) is 0.321. The fourth-order valence-corrected chi connectivity index (χ4v) is 3.87. The van der Waals surface area contributed by atoms with Crippen LogP contribution in [0.5, 0.6) is 0 Å². The lowest BCUT2D eigenvalue weighted by Crippen LogP contribution is -2.30. The van der Waals surface area contributed by atoms with E-state index >= 15 is 0 Å². The molecule has 3 unspecified atom stereocenters. The summed E-state index contributed by atoms with van der Waals surface area (Å²) in [5.41, 5.74) is 0. The van der Waals surface area contributed by atoms with Crippen molar-refractivity contribution in [1.29, 1.82) is 0 Å². The predicted octanol–water partition coefficient (Wildman–Crippen LogP) is 5.98. The summed E-state index contributed by atoms with van der Waals surface area (Å²) in [6.07, 6.45) is 13.4. The lowest BCUT2D eigenvalue weighted by Gasteiger charge is -2.27. The molecule has 1 N–H and O–H groups in total. The maximum Gasteiger partial charge on any atom is 0.309 e. The zero-order valence-corrected chi connectivity index (χ0v) is 17.2. The Balaban J connectivity index is 2.17. The van der Waals surface area contributed by atoms with Crippen molar-refractivity contribution in [2.24, 2.45) is 17.8 Å². The number of carbonyl (C=O) groups excluding carboxylic acids is 1. The monoisotopic (exact) mass is 368 g/mol. The number of carboxylic acid groups (broad SMARTS) is 1. The fourth-order valence-electron chi connectivity index (χ4n) is 3.87. The first-order valence-electron chi connectivity index (χ1n) is 10.9. The van der Waals surface area contributed by atoms with Crippen molar-refractivity contribution in [2.45, 2.75) is 110 Å². The molecular weight excluding hydrogens is 328 g/mol. The summed E-state index contributed by atoms with van der Waals surface area (Å²) >= 11 is 0. The molecule has 0 amide bonds. The van der Waals surface area contributed by atoms with Gasteiger partial charge in [0.05, 0.1) is 11.8 Å². The van der Waals surface area contributed by atoms with Crippen LogP contribution in [0.2, 0.25) is 0 Å². The van der Waals surface area contributed by atoms with E-state index in [4.69, 9.17) is 9.84 Å². The van der Waals surface area contributed by atoms with Crippen LogP contribution in [0.1, 0.15) is 104 Å². The Morgan fingerprint density at radius 1 is 0.962 bits per heavy atom. The maximum absolute atomic E-state index is 12.4. The van der Waals surface area contributed by atoms with E-state index in [1.807, 2.05) is 0 Å². The topological polar surface area (TPSA) is 63.6 Å². The zero-order chi connectivity index (χ0) is 19.4. The summed E-state index contributed by atoms with van der Waals surface area (Å²) in [6.45, 7) is 6.62. The highest BCUT2D eigenvalue weighted by Gasteiger charge is 2.32. The molecule has 0 aromatic rings. The number of ether oxygens (including phenoxy) is 1. The third kappa shape index (κ3) is 9.59. The van der Waals surface area contributed by atoms with Gasteiger partial charge in [-0.3, -0.25) is 9.59 Å². The number of hydrogen-bond donors (Lipinski definition) is 1. The molecule has 0 aromatic heterocycles. The van der Waals surface area contributed by atoms with E-state index in [-0.39, 0.29) is 23.9 Å². The molecule has 4 heteroatoms. The Labute approximate surface area is 160 Å². The largest absolute Gasteiger partial charge is 0.481 e. The normalized spacial score (nSPS) is 21.5. The van der Waals surface area contributed by atoms with Gasteiger partial charge in [0, 0.05) is 0 Å². The molecule has 0 aliphatic heterocycles. The van der Waals surface area contributed by atoms with Gasteiger partial charge in [0.15, 0.2) is 0 Å². The molecule has 1 aliphatic rings. The highest BCUT2D eigenvalue weighted by molar-refractivity contribution is 5.75. The SMILES string of the molecule is CCC(CCCCCCCCC(C)C)OC(=O)C1CCCC(C(=O)O)C1. The molecule has 1 rings (SSSR count). The molecule has 0 heterocycles. The van der Waals surface area contributed by atoms with E-state index in [0.29, 0.717) is 12.8 Å². The Hall–Kier alpha value is -1.06. The van der Waals surface area contributed by atoms with Crippen LogP contribution in [0, 0.1) is 17.8 Å².